The number of rotatable bonds is 7. The molecule has 94 valence electrons. The summed E-state index contributed by atoms with van der Waals surface area (Å²) in [5, 5.41) is 3.54. The Morgan fingerprint density at radius 2 is 1.88 bits per heavy atom. The highest BCUT2D eigenvalue weighted by molar-refractivity contribution is 7.98. The molecule has 0 unspecified atom stereocenters. The molecule has 17 heavy (non-hydrogen) atoms. The van der Waals surface area contributed by atoms with Gasteiger partial charge in [0.2, 0.25) is 0 Å². The van der Waals surface area contributed by atoms with Gasteiger partial charge in [-0.15, -0.1) is 0 Å². The molecule has 0 amide bonds. The quantitative estimate of drug-likeness (QED) is 0.742. The second-order valence-electron chi connectivity index (χ2n) is 5.20. The van der Waals surface area contributed by atoms with Gasteiger partial charge in [-0.25, -0.2) is 0 Å². The summed E-state index contributed by atoms with van der Waals surface area (Å²) in [5.41, 5.74) is 4.23. The highest BCUT2D eigenvalue weighted by Gasteiger charge is 2.19. The molecule has 1 N–H and O–H groups in total. The molecule has 1 aromatic carbocycles. The first kappa shape index (κ1) is 13.0. The maximum Gasteiger partial charge on any atom is 0.0185 e. The Hall–Kier alpha value is -0.470. The first-order chi connectivity index (χ1) is 8.24. The molecule has 0 heterocycles. The lowest BCUT2D eigenvalue weighted by Crippen LogP contribution is -2.19. The van der Waals surface area contributed by atoms with Crippen molar-refractivity contribution in [2.75, 3.05) is 18.8 Å². The highest BCUT2D eigenvalue weighted by Crippen LogP contribution is 2.27. The van der Waals surface area contributed by atoms with Gasteiger partial charge in [0, 0.05) is 18.1 Å². The summed E-state index contributed by atoms with van der Waals surface area (Å²) >= 11 is 2.03. The topological polar surface area (TPSA) is 12.0 Å². The van der Waals surface area contributed by atoms with Crippen molar-refractivity contribution in [2.45, 2.75) is 32.4 Å². The van der Waals surface area contributed by atoms with Gasteiger partial charge in [-0.1, -0.05) is 29.3 Å². The SMILES string of the molecule is Cc1cc(C)cc(CSCCNCC2CC2)c1. The minimum atomic E-state index is 0.999. The van der Waals surface area contributed by atoms with E-state index in [-0.39, 0.29) is 0 Å². The third-order valence-electron chi connectivity index (χ3n) is 3.10. The van der Waals surface area contributed by atoms with Crippen LogP contribution in [0.4, 0.5) is 0 Å². The summed E-state index contributed by atoms with van der Waals surface area (Å²) in [7, 11) is 0. The Morgan fingerprint density at radius 1 is 1.18 bits per heavy atom. The molecule has 0 radical (unpaired) electrons. The van der Waals surface area contributed by atoms with Crippen molar-refractivity contribution < 1.29 is 0 Å². The predicted molar refractivity (Wildman–Crippen MR) is 77.7 cm³/mol. The molecule has 1 saturated carbocycles. The van der Waals surface area contributed by atoms with E-state index < -0.39 is 0 Å². The largest absolute Gasteiger partial charge is 0.316 e. The van der Waals surface area contributed by atoms with Crippen molar-refractivity contribution >= 4 is 11.8 Å². The third-order valence-corrected chi connectivity index (χ3v) is 4.13. The average molecular weight is 249 g/mol. The minimum absolute atomic E-state index is 0.999. The van der Waals surface area contributed by atoms with E-state index in [2.05, 4.69) is 37.4 Å². The van der Waals surface area contributed by atoms with E-state index in [0.717, 1.165) is 18.2 Å². The van der Waals surface area contributed by atoms with E-state index in [9.17, 15) is 0 Å². The zero-order valence-corrected chi connectivity index (χ0v) is 11.8. The molecule has 1 aliphatic rings. The van der Waals surface area contributed by atoms with Gasteiger partial charge >= 0.3 is 0 Å². The number of benzene rings is 1. The maximum absolute atomic E-state index is 3.54. The Balaban J connectivity index is 1.59. The lowest BCUT2D eigenvalue weighted by atomic mass is 10.1. The summed E-state index contributed by atoms with van der Waals surface area (Å²) in [5.74, 6) is 3.37. The summed E-state index contributed by atoms with van der Waals surface area (Å²) < 4.78 is 0. The number of thioether (sulfide) groups is 1. The van der Waals surface area contributed by atoms with Crippen LogP contribution in [0.5, 0.6) is 0 Å². The Kier molecular flexibility index (Phi) is 4.93. The normalized spacial score (nSPS) is 15.2. The van der Waals surface area contributed by atoms with E-state index >= 15 is 0 Å². The predicted octanol–water partition coefficient (Wildman–Crippen LogP) is 3.54. The molecule has 0 aliphatic heterocycles. The van der Waals surface area contributed by atoms with Gasteiger partial charge in [0.25, 0.3) is 0 Å². The van der Waals surface area contributed by atoms with Crippen molar-refractivity contribution in [1.29, 1.82) is 0 Å². The van der Waals surface area contributed by atoms with Crippen molar-refractivity contribution in [3.05, 3.63) is 34.9 Å². The van der Waals surface area contributed by atoms with Crippen molar-refractivity contribution in [2.24, 2.45) is 5.92 Å². The summed E-state index contributed by atoms with van der Waals surface area (Å²) in [6, 6.07) is 6.85. The first-order valence-electron chi connectivity index (χ1n) is 6.59. The number of nitrogens with one attached hydrogen (secondary N) is 1. The van der Waals surface area contributed by atoms with Gasteiger partial charge in [-0.3, -0.25) is 0 Å². The van der Waals surface area contributed by atoms with Gasteiger partial charge in [0.1, 0.15) is 0 Å². The molecule has 2 rings (SSSR count). The molecule has 1 fully saturated rings. The van der Waals surface area contributed by atoms with E-state index in [4.69, 9.17) is 0 Å². The highest BCUT2D eigenvalue weighted by atomic mass is 32.2. The number of hydrogen-bond donors (Lipinski definition) is 1. The lowest BCUT2D eigenvalue weighted by Gasteiger charge is -2.06. The fourth-order valence-corrected chi connectivity index (χ4v) is 2.95. The molecule has 0 spiro atoms. The van der Waals surface area contributed by atoms with Crippen LogP contribution >= 0.6 is 11.8 Å². The molecular weight excluding hydrogens is 226 g/mol. The fourth-order valence-electron chi connectivity index (χ4n) is 2.11. The van der Waals surface area contributed by atoms with Crippen LogP contribution in [0, 0.1) is 19.8 Å². The van der Waals surface area contributed by atoms with Crippen molar-refractivity contribution in [1.82, 2.24) is 5.32 Å². The van der Waals surface area contributed by atoms with Crippen LogP contribution in [0.2, 0.25) is 0 Å². The van der Waals surface area contributed by atoms with Gasteiger partial charge in [-0.05, 0) is 44.7 Å². The summed E-state index contributed by atoms with van der Waals surface area (Å²) in [6.45, 7) is 6.76. The van der Waals surface area contributed by atoms with Gasteiger partial charge in [0.05, 0.1) is 0 Å². The van der Waals surface area contributed by atoms with E-state index in [0.29, 0.717) is 0 Å². The zero-order chi connectivity index (χ0) is 12.1. The smallest absolute Gasteiger partial charge is 0.0185 e. The van der Waals surface area contributed by atoms with Crippen molar-refractivity contribution in [3.63, 3.8) is 0 Å². The molecule has 0 saturated heterocycles. The molecule has 0 bridgehead atoms. The summed E-state index contributed by atoms with van der Waals surface area (Å²) in [4.78, 5) is 0. The van der Waals surface area contributed by atoms with E-state index in [1.165, 1.54) is 41.8 Å². The molecular formula is C15H23NS. The Morgan fingerprint density at radius 3 is 2.53 bits per heavy atom. The van der Waals surface area contributed by atoms with Crippen LogP contribution in [0.15, 0.2) is 18.2 Å². The van der Waals surface area contributed by atoms with Gasteiger partial charge in [-0.2, -0.15) is 11.8 Å². The molecule has 2 heteroatoms. The second-order valence-corrected chi connectivity index (χ2v) is 6.30. The van der Waals surface area contributed by atoms with Gasteiger partial charge in [0.15, 0.2) is 0 Å². The zero-order valence-electron chi connectivity index (χ0n) is 11.0. The van der Waals surface area contributed by atoms with E-state index in [1.54, 1.807) is 0 Å². The minimum Gasteiger partial charge on any atom is -0.316 e. The third kappa shape index (κ3) is 5.13. The van der Waals surface area contributed by atoms with E-state index in [1.807, 2.05) is 11.8 Å². The second kappa shape index (κ2) is 6.46. The lowest BCUT2D eigenvalue weighted by molar-refractivity contribution is 0.666. The molecule has 0 atom stereocenters. The van der Waals surface area contributed by atoms with Crippen LogP contribution in [0.25, 0.3) is 0 Å². The standard InChI is InChI=1S/C15H23NS/c1-12-7-13(2)9-15(8-12)11-17-6-5-16-10-14-3-4-14/h7-9,14,16H,3-6,10-11H2,1-2H3. The van der Waals surface area contributed by atoms with Crippen LogP contribution in [-0.2, 0) is 5.75 Å². The van der Waals surface area contributed by atoms with Crippen LogP contribution in [0.3, 0.4) is 0 Å². The Bertz CT molecular complexity index is 338. The molecule has 0 aromatic heterocycles. The summed E-state index contributed by atoms with van der Waals surface area (Å²) in [6.07, 6.45) is 2.89. The van der Waals surface area contributed by atoms with Crippen LogP contribution in [0.1, 0.15) is 29.5 Å². The average Bonchev–Trinajstić information content (AvgIpc) is 3.05. The number of hydrogen-bond acceptors (Lipinski definition) is 2. The molecule has 1 nitrogen and oxygen atoms in total. The fraction of sp³-hybridized carbons (Fsp3) is 0.600. The van der Waals surface area contributed by atoms with Crippen LogP contribution in [-0.4, -0.2) is 18.8 Å². The van der Waals surface area contributed by atoms with Crippen molar-refractivity contribution in [3.8, 4) is 0 Å². The maximum atomic E-state index is 3.54. The monoisotopic (exact) mass is 249 g/mol. The molecule has 1 aliphatic carbocycles. The Labute approximate surface area is 109 Å². The first-order valence-corrected chi connectivity index (χ1v) is 7.75. The number of aryl methyl sites for hydroxylation is 2. The molecule has 1 aromatic rings. The van der Waals surface area contributed by atoms with Gasteiger partial charge < -0.3 is 5.32 Å². The van der Waals surface area contributed by atoms with Crippen LogP contribution < -0.4 is 5.32 Å².